The van der Waals surface area contributed by atoms with Gasteiger partial charge in [-0.15, -0.1) is 28.5 Å². The van der Waals surface area contributed by atoms with Gasteiger partial charge in [0.25, 0.3) is 0 Å². The SMILES string of the molecule is CSc1ccc(Oc2ccc(CCl)nn2)cc1. The third-order valence-corrected chi connectivity index (χ3v) is 3.13. The Kier molecular flexibility index (Phi) is 4.23. The fraction of sp³-hybridized carbons (Fsp3) is 0.167. The van der Waals surface area contributed by atoms with E-state index in [1.807, 2.05) is 30.5 Å². The Morgan fingerprint density at radius 3 is 2.41 bits per heavy atom. The van der Waals surface area contributed by atoms with Crippen molar-refractivity contribution >= 4 is 23.4 Å². The first-order valence-corrected chi connectivity index (χ1v) is 6.78. The largest absolute Gasteiger partial charge is 0.438 e. The van der Waals surface area contributed by atoms with E-state index >= 15 is 0 Å². The summed E-state index contributed by atoms with van der Waals surface area (Å²) in [6, 6.07) is 11.4. The second-order valence-electron chi connectivity index (χ2n) is 3.27. The molecule has 1 aromatic carbocycles. The molecule has 1 aromatic heterocycles. The van der Waals surface area contributed by atoms with E-state index in [1.54, 1.807) is 23.9 Å². The lowest BCUT2D eigenvalue weighted by molar-refractivity contribution is 0.454. The zero-order valence-electron chi connectivity index (χ0n) is 9.26. The van der Waals surface area contributed by atoms with E-state index in [-0.39, 0.29) is 0 Å². The lowest BCUT2D eigenvalue weighted by atomic mass is 10.3. The number of benzene rings is 1. The molecule has 17 heavy (non-hydrogen) atoms. The molecule has 0 saturated carbocycles. The highest BCUT2D eigenvalue weighted by molar-refractivity contribution is 7.98. The molecule has 88 valence electrons. The number of ether oxygens (including phenoxy) is 1. The maximum absolute atomic E-state index is 5.63. The summed E-state index contributed by atoms with van der Waals surface area (Å²) < 4.78 is 5.55. The Balaban J connectivity index is 2.08. The van der Waals surface area contributed by atoms with Gasteiger partial charge in [-0.25, -0.2) is 0 Å². The highest BCUT2D eigenvalue weighted by Gasteiger charge is 2.00. The molecule has 0 N–H and O–H groups in total. The van der Waals surface area contributed by atoms with E-state index in [9.17, 15) is 0 Å². The number of hydrogen-bond donors (Lipinski definition) is 0. The smallest absolute Gasteiger partial charge is 0.238 e. The number of aromatic nitrogens is 2. The topological polar surface area (TPSA) is 35.0 Å². The molecule has 0 radical (unpaired) electrons. The Morgan fingerprint density at radius 1 is 1.12 bits per heavy atom. The first-order chi connectivity index (χ1) is 8.31. The van der Waals surface area contributed by atoms with Crippen LogP contribution in [-0.2, 0) is 5.88 Å². The standard InChI is InChI=1S/C12H11ClN2OS/c1-17-11-5-3-10(4-6-11)16-12-7-2-9(8-13)14-15-12/h2-7H,8H2,1H3. The Labute approximate surface area is 109 Å². The summed E-state index contributed by atoms with van der Waals surface area (Å²) in [6.45, 7) is 0. The summed E-state index contributed by atoms with van der Waals surface area (Å²) in [5, 5.41) is 7.84. The fourth-order valence-electron chi connectivity index (χ4n) is 1.24. The quantitative estimate of drug-likeness (QED) is 0.624. The molecule has 2 aromatic rings. The molecule has 1 heterocycles. The van der Waals surface area contributed by atoms with Gasteiger partial charge in [-0.1, -0.05) is 0 Å². The lowest BCUT2D eigenvalue weighted by Crippen LogP contribution is -1.93. The molecule has 0 fully saturated rings. The van der Waals surface area contributed by atoms with Gasteiger partial charge in [-0.05, 0) is 36.6 Å². The number of alkyl halides is 1. The van der Waals surface area contributed by atoms with Crippen LogP contribution in [0.4, 0.5) is 0 Å². The van der Waals surface area contributed by atoms with Crippen molar-refractivity contribution in [3.63, 3.8) is 0 Å². The van der Waals surface area contributed by atoms with Crippen LogP contribution in [0.2, 0.25) is 0 Å². The lowest BCUT2D eigenvalue weighted by Gasteiger charge is -2.04. The van der Waals surface area contributed by atoms with Crippen molar-refractivity contribution in [3.8, 4) is 11.6 Å². The van der Waals surface area contributed by atoms with Crippen LogP contribution in [0, 0.1) is 0 Å². The van der Waals surface area contributed by atoms with Crippen LogP contribution >= 0.6 is 23.4 Å². The average Bonchev–Trinajstić information content (AvgIpc) is 2.40. The van der Waals surface area contributed by atoms with E-state index in [4.69, 9.17) is 16.3 Å². The van der Waals surface area contributed by atoms with Crippen LogP contribution in [-0.4, -0.2) is 16.5 Å². The van der Waals surface area contributed by atoms with Crippen LogP contribution in [0.3, 0.4) is 0 Å². The number of hydrogen-bond acceptors (Lipinski definition) is 4. The van der Waals surface area contributed by atoms with Crippen molar-refractivity contribution in [2.24, 2.45) is 0 Å². The molecule has 2 rings (SSSR count). The minimum Gasteiger partial charge on any atom is -0.438 e. The normalized spacial score (nSPS) is 10.2. The number of nitrogens with zero attached hydrogens (tertiary/aromatic N) is 2. The maximum Gasteiger partial charge on any atom is 0.238 e. The Morgan fingerprint density at radius 2 is 1.88 bits per heavy atom. The first kappa shape index (κ1) is 12.2. The van der Waals surface area contributed by atoms with Gasteiger partial charge in [0.05, 0.1) is 11.6 Å². The summed E-state index contributed by atoms with van der Waals surface area (Å²) >= 11 is 7.32. The average molecular weight is 267 g/mol. The number of halogens is 1. The molecule has 0 aliphatic heterocycles. The van der Waals surface area contributed by atoms with E-state index in [2.05, 4.69) is 10.2 Å². The number of thioether (sulfide) groups is 1. The third-order valence-electron chi connectivity index (χ3n) is 2.11. The predicted molar refractivity (Wildman–Crippen MR) is 69.9 cm³/mol. The second kappa shape index (κ2) is 5.89. The van der Waals surface area contributed by atoms with Gasteiger partial charge in [0.1, 0.15) is 5.75 Å². The van der Waals surface area contributed by atoms with Crippen LogP contribution in [0.1, 0.15) is 5.69 Å². The van der Waals surface area contributed by atoms with E-state index in [0.717, 1.165) is 11.4 Å². The van der Waals surface area contributed by atoms with Crippen molar-refractivity contribution in [3.05, 3.63) is 42.1 Å². The van der Waals surface area contributed by atoms with Gasteiger partial charge in [0.2, 0.25) is 5.88 Å². The van der Waals surface area contributed by atoms with Gasteiger partial charge < -0.3 is 4.74 Å². The molecule has 5 heteroatoms. The summed E-state index contributed by atoms with van der Waals surface area (Å²) in [7, 11) is 0. The van der Waals surface area contributed by atoms with Crippen molar-refractivity contribution in [2.75, 3.05) is 6.26 Å². The molecule has 0 spiro atoms. The maximum atomic E-state index is 5.63. The van der Waals surface area contributed by atoms with Crippen molar-refractivity contribution in [1.82, 2.24) is 10.2 Å². The molecule has 0 saturated heterocycles. The molecule has 0 amide bonds. The molecular formula is C12H11ClN2OS. The summed E-state index contributed by atoms with van der Waals surface area (Å²) in [5.74, 6) is 1.57. The summed E-state index contributed by atoms with van der Waals surface area (Å²) in [6.07, 6.45) is 2.03. The molecular weight excluding hydrogens is 256 g/mol. The second-order valence-corrected chi connectivity index (χ2v) is 4.42. The van der Waals surface area contributed by atoms with Crippen LogP contribution < -0.4 is 4.74 Å². The molecule has 0 unspecified atom stereocenters. The van der Waals surface area contributed by atoms with Gasteiger partial charge >= 0.3 is 0 Å². The van der Waals surface area contributed by atoms with Crippen LogP contribution in [0.25, 0.3) is 0 Å². The third kappa shape index (κ3) is 3.35. The monoisotopic (exact) mass is 266 g/mol. The van der Waals surface area contributed by atoms with Crippen molar-refractivity contribution < 1.29 is 4.74 Å². The van der Waals surface area contributed by atoms with Crippen LogP contribution in [0.5, 0.6) is 11.6 Å². The highest BCUT2D eigenvalue weighted by Crippen LogP contribution is 2.22. The predicted octanol–water partition coefficient (Wildman–Crippen LogP) is 3.73. The molecule has 0 bridgehead atoms. The molecule has 3 nitrogen and oxygen atoms in total. The zero-order valence-corrected chi connectivity index (χ0v) is 10.8. The molecule has 0 aliphatic carbocycles. The van der Waals surface area contributed by atoms with Crippen molar-refractivity contribution in [1.29, 1.82) is 0 Å². The fourth-order valence-corrected chi connectivity index (χ4v) is 1.79. The molecule has 0 aliphatic rings. The minimum atomic E-state index is 0.357. The zero-order chi connectivity index (χ0) is 12.1. The van der Waals surface area contributed by atoms with E-state index in [1.165, 1.54) is 4.90 Å². The van der Waals surface area contributed by atoms with Gasteiger partial charge in [-0.2, -0.15) is 5.10 Å². The van der Waals surface area contributed by atoms with E-state index < -0.39 is 0 Å². The minimum absolute atomic E-state index is 0.357. The van der Waals surface area contributed by atoms with Crippen molar-refractivity contribution in [2.45, 2.75) is 10.8 Å². The Hall–Kier alpha value is -1.26. The van der Waals surface area contributed by atoms with E-state index in [0.29, 0.717) is 11.8 Å². The highest BCUT2D eigenvalue weighted by atomic mass is 35.5. The van der Waals surface area contributed by atoms with Gasteiger partial charge in [0, 0.05) is 11.0 Å². The van der Waals surface area contributed by atoms with Gasteiger partial charge in [0.15, 0.2) is 0 Å². The number of rotatable bonds is 4. The van der Waals surface area contributed by atoms with Crippen LogP contribution in [0.15, 0.2) is 41.3 Å². The summed E-state index contributed by atoms with van der Waals surface area (Å²) in [5.41, 5.74) is 0.733. The summed E-state index contributed by atoms with van der Waals surface area (Å²) in [4.78, 5) is 1.20. The molecule has 0 atom stereocenters. The first-order valence-electron chi connectivity index (χ1n) is 5.02. The Bertz CT molecular complexity index is 427. The van der Waals surface area contributed by atoms with Gasteiger partial charge in [-0.3, -0.25) is 0 Å².